The van der Waals surface area contributed by atoms with Crippen LogP contribution in [0, 0.1) is 0 Å². The van der Waals surface area contributed by atoms with Gasteiger partial charge in [-0.05, 0) is 0 Å². The molecule has 0 radical (unpaired) electrons. The number of hydrogen-bond acceptors (Lipinski definition) is 6. The number of anilines is 1. The van der Waals surface area contributed by atoms with E-state index in [0.717, 1.165) is 11.2 Å². The molecule has 1 atom stereocenters. The second-order valence-electron chi connectivity index (χ2n) is 3.94. The highest BCUT2D eigenvalue weighted by Crippen LogP contribution is 2.27. The molecule has 1 unspecified atom stereocenters. The van der Waals surface area contributed by atoms with E-state index in [9.17, 15) is 18.0 Å². The summed E-state index contributed by atoms with van der Waals surface area (Å²) in [6.07, 6.45) is 1.25. The van der Waals surface area contributed by atoms with Gasteiger partial charge in [-0.1, -0.05) is 11.6 Å². The largest absolute Gasteiger partial charge is 0.298 e. The maximum Gasteiger partial charge on any atom is 0.229 e. The number of halogens is 1. The van der Waals surface area contributed by atoms with E-state index in [0.29, 0.717) is 6.29 Å². The fourth-order valence-electron chi connectivity index (χ4n) is 1.78. The van der Waals surface area contributed by atoms with Crippen molar-refractivity contribution in [2.45, 2.75) is 11.7 Å². The Hall–Kier alpha value is -1.58. The molecule has 1 aromatic heterocycles. The van der Waals surface area contributed by atoms with Gasteiger partial charge in [0, 0.05) is 13.0 Å². The molecule has 1 saturated heterocycles. The van der Waals surface area contributed by atoms with Gasteiger partial charge in [-0.25, -0.2) is 23.5 Å². The number of primary sulfonamides is 1. The van der Waals surface area contributed by atoms with E-state index in [2.05, 4.69) is 9.97 Å². The Labute approximate surface area is 113 Å². The van der Waals surface area contributed by atoms with Crippen LogP contribution in [0.1, 0.15) is 16.8 Å². The molecule has 1 aliphatic heterocycles. The van der Waals surface area contributed by atoms with Crippen LogP contribution in [0.3, 0.4) is 0 Å². The van der Waals surface area contributed by atoms with Gasteiger partial charge < -0.3 is 0 Å². The lowest BCUT2D eigenvalue weighted by atomic mass is 10.3. The highest BCUT2D eigenvalue weighted by molar-refractivity contribution is 7.89. The first-order chi connectivity index (χ1) is 8.84. The first kappa shape index (κ1) is 13.8. The number of amides is 1. The monoisotopic (exact) mass is 304 g/mol. The number of aldehydes is 1. The summed E-state index contributed by atoms with van der Waals surface area (Å²) in [6.45, 7) is -0.161. The highest BCUT2D eigenvalue weighted by atomic mass is 35.5. The van der Waals surface area contributed by atoms with Gasteiger partial charge in [0.25, 0.3) is 0 Å². The molecule has 0 aliphatic carbocycles. The van der Waals surface area contributed by atoms with Crippen molar-refractivity contribution in [1.29, 1.82) is 0 Å². The van der Waals surface area contributed by atoms with Gasteiger partial charge >= 0.3 is 0 Å². The summed E-state index contributed by atoms with van der Waals surface area (Å²) in [4.78, 5) is 31.2. The van der Waals surface area contributed by atoms with Crippen LogP contribution in [0.15, 0.2) is 6.33 Å². The molecule has 102 valence electrons. The summed E-state index contributed by atoms with van der Waals surface area (Å²) in [5.41, 5.74) is -0.0624. The van der Waals surface area contributed by atoms with E-state index in [-0.39, 0.29) is 29.5 Å². The van der Waals surface area contributed by atoms with Crippen LogP contribution in [-0.2, 0) is 14.8 Å². The maximum atomic E-state index is 11.8. The molecule has 2 N–H and O–H groups in total. The molecule has 1 fully saturated rings. The van der Waals surface area contributed by atoms with Gasteiger partial charge in [0.15, 0.2) is 12.1 Å². The van der Waals surface area contributed by atoms with Crippen molar-refractivity contribution in [2.24, 2.45) is 5.14 Å². The fraction of sp³-hybridized carbons (Fsp3) is 0.333. The fourth-order valence-corrected chi connectivity index (χ4v) is 2.69. The Morgan fingerprint density at radius 2 is 2.16 bits per heavy atom. The molecule has 8 nitrogen and oxygen atoms in total. The Morgan fingerprint density at radius 1 is 1.47 bits per heavy atom. The van der Waals surface area contributed by atoms with E-state index >= 15 is 0 Å². The minimum Gasteiger partial charge on any atom is -0.298 e. The molecule has 0 spiro atoms. The number of nitrogens with two attached hydrogens (primary N) is 1. The van der Waals surface area contributed by atoms with E-state index < -0.39 is 21.2 Å². The Kier molecular flexibility index (Phi) is 3.52. The SMILES string of the molecule is NS(=O)(=O)C1CC(=O)N(c2ncnc(Cl)c2C=O)C1. The van der Waals surface area contributed by atoms with Gasteiger partial charge in [0.2, 0.25) is 15.9 Å². The van der Waals surface area contributed by atoms with Crippen LogP contribution in [0.2, 0.25) is 5.15 Å². The smallest absolute Gasteiger partial charge is 0.229 e. The second kappa shape index (κ2) is 4.83. The first-order valence-corrected chi connectivity index (χ1v) is 7.11. The summed E-state index contributed by atoms with van der Waals surface area (Å²) in [5, 5.41) is 3.88. The lowest BCUT2D eigenvalue weighted by Crippen LogP contribution is -2.33. The number of aromatic nitrogens is 2. The van der Waals surface area contributed by atoms with Crippen LogP contribution in [0.4, 0.5) is 5.82 Å². The zero-order valence-electron chi connectivity index (χ0n) is 9.48. The summed E-state index contributed by atoms with van der Waals surface area (Å²) in [5.74, 6) is -0.497. The molecular weight excluding hydrogens is 296 g/mol. The molecule has 2 rings (SSSR count). The van der Waals surface area contributed by atoms with Crippen molar-refractivity contribution >= 4 is 39.6 Å². The van der Waals surface area contributed by atoms with Gasteiger partial charge in [-0.3, -0.25) is 14.5 Å². The standard InChI is InChI=1S/C9H9ClN4O4S/c10-8-6(3-15)9(13-4-12-8)14-2-5(1-7(14)16)19(11,17)18/h3-5H,1-2H2,(H2,11,17,18). The second-order valence-corrected chi connectivity index (χ2v) is 6.14. The minimum atomic E-state index is -3.83. The topological polar surface area (TPSA) is 123 Å². The molecule has 10 heteroatoms. The molecule has 1 aromatic rings. The lowest BCUT2D eigenvalue weighted by molar-refractivity contribution is -0.117. The van der Waals surface area contributed by atoms with Crippen LogP contribution < -0.4 is 10.0 Å². The zero-order chi connectivity index (χ0) is 14.2. The van der Waals surface area contributed by atoms with Crippen LogP contribution in [0.25, 0.3) is 0 Å². The van der Waals surface area contributed by atoms with E-state index in [1.54, 1.807) is 0 Å². The van der Waals surface area contributed by atoms with Crippen molar-refractivity contribution in [3.63, 3.8) is 0 Å². The van der Waals surface area contributed by atoms with Crippen molar-refractivity contribution in [3.8, 4) is 0 Å². The van der Waals surface area contributed by atoms with Crippen LogP contribution in [-0.4, -0.2) is 42.4 Å². The van der Waals surface area contributed by atoms with E-state index in [4.69, 9.17) is 16.7 Å². The highest BCUT2D eigenvalue weighted by Gasteiger charge is 2.38. The molecule has 0 saturated carbocycles. The average Bonchev–Trinajstić information content (AvgIpc) is 2.70. The predicted molar refractivity (Wildman–Crippen MR) is 66.3 cm³/mol. The van der Waals surface area contributed by atoms with Crippen molar-refractivity contribution in [2.75, 3.05) is 11.4 Å². The number of carbonyl (C=O) groups is 2. The molecule has 1 amide bonds. The number of nitrogens with zero attached hydrogens (tertiary/aromatic N) is 3. The predicted octanol–water partition coefficient (Wildman–Crippen LogP) is -0.664. The number of hydrogen-bond donors (Lipinski definition) is 1. The lowest BCUT2D eigenvalue weighted by Gasteiger charge is -2.16. The van der Waals surface area contributed by atoms with Gasteiger partial charge in [0.1, 0.15) is 16.7 Å². The number of carbonyl (C=O) groups excluding carboxylic acids is 2. The van der Waals surface area contributed by atoms with E-state index in [1.807, 2.05) is 0 Å². The number of rotatable bonds is 3. The van der Waals surface area contributed by atoms with Crippen molar-refractivity contribution in [3.05, 3.63) is 17.0 Å². The van der Waals surface area contributed by atoms with E-state index in [1.165, 1.54) is 0 Å². The normalized spacial score (nSPS) is 19.8. The zero-order valence-corrected chi connectivity index (χ0v) is 11.1. The molecule has 19 heavy (non-hydrogen) atoms. The maximum absolute atomic E-state index is 11.8. The van der Waals surface area contributed by atoms with Crippen molar-refractivity contribution < 1.29 is 18.0 Å². The summed E-state index contributed by atoms with van der Waals surface area (Å²) in [7, 11) is -3.83. The molecule has 2 heterocycles. The van der Waals surface area contributed by atoms with Gasteiger partial charge in [-0.2, -0.15) is 0 Å². The molecule has 0 bridgehead atoms. The minimum absolute atomic E-state index is 0.00819. The molecule has 0 aromatic carbocycles. The third-order valence-corrected chi connectivity index (χ3v) is 4.29. The third kappa shape index (κ3) is 2.57. The summed E-state index contributed by atoms with van der Waals surface area (Å²) >= 11 is 5.72. The molecule has 1 aliphatic rings. The molecular formula is C9H9ClN4O4S. The van der Waals surface area contributed by atoms with Gasteiger partial charge in [0.05, 0.1) is 5.56 Å². The average molecular weight is 305 g/mol. The van der Waals surface area contributed by atoms with Crippen LogP contribution >= 0.6 is 11.6 Å². The van der Waals surface area contributed by atoms with Crippen LogP contribution in [0.5, 0.6) is 0 Å². The third-order valence-electron chi connectivity index (χ3n) is 2.74. The Morgan fingerprint density at radius 3 is 2.68 bits per heavy atom. The summed E-state index contributed by atoms with van der Waals surface area (Å²) < 4.78 is 22.5. The Bertz CT molecular complexity index is 648. The summed E-state index contributed by atoms with van der Waals surface area (Å²) in [6, 6.07) is 0. The van der Waals surface area contributed by atoms with Gasteiger partial charge in [-0.15, -0.1) is 0 Å². The first-order valence-electron chi connectivity index (χ1n) is 5.12. The number of sulfonamides is 1. The quantitative estimate of drug-likeness (QED) is 0.584. The Balaban J connectivity index is 2.42. The van der Waals surface area contributed by atoms with Crippen molar-refractivity contribution in [1.82, 2.24) is 9.97 Å².